The minimum Gasteiger partial charge on any atom is -0.280 e. The predicted molar refractivity (Wildman–Crippen MR) is 59.3 cm³/mol. The molecule has 0 atom stereocenters. The van der Waals surface area contributed by atoms with Gasteiger partial charge in [0.05, 0.1) is 11.4 Å². The van der Waals surface area contributed by atoms with Crippen LogP contribution in [0.4, 0.5) is 0 Å². The van der Waals surface area contributed by atoms with Crippen LogP contribution in [0.1, 0.15) is 11.4 Å². The lowest BCUT2D eigenvalue weighted by Gasteiger charge is -2.10. The van der Waals surface area contributed by atoms with Gasteiger partial charge in [-0.25, -0.2) is 0 Å². The summed E-state index contributed by atoms with van der Waals surface area (Å²) in [6.45, 7) is 3.81. The molecule has 0 bridgehead atoms. The van der Waals surface area contributed by atoms with Crippen molar-refractivity contribution in [2.45, 2.75) is 13.8 Å². The Hall–Kier alpha value is -1.90. The van der Waals surface area contributed by atoms with E-state index in [2.05, 4.69) is 4.98 Å². The van der Waals surface area contributed by atoms with E-state index in [1.807, 2.05) is 32.0 Å². The SMILES string of the molecule is Cc1ncccc1-n1c(C)cccc1=O. The molecule has 2 aromatic heterocycles. The summed E-state index contributed by atoms with van der Waals surface area (Å²) in [5.41, 5.74) is 2.60. The van der Waals surface area contributed by atoms with Crippen molar-refractivity contribution in [1.29, 1.82) is 0 Å². The Balaban J connectivity index is 2.75. The first-order chi connectivity index (χ1) is 7.20. The first kappa shape index (κ1) is 9.65. The summed E-state index contributed by atoms with van der Waals surface area (Å²) < 4.78 is 1.67. The van der Waals surface area contributed by atoms with Crippen LogP contribution in [0, 0.1) is 13.8 Å². The summed E-state index contributed by atoms with van der Waals surface area (Å²) in [6, 6.07) is 8.96. The van der Waals surface area contributed by atoms with Gasteiger partial charge in [0.25, 0.3) is 5.56 Å². The Morgan fingerprint density at radius 1 is 1.13 bits per heavy atom. The number of nitrogens with zero attached hydrogens (tertiary/aromatic N) is 2. The van der Waals surface area contributed by atoms with Gasteiger partial charge in [0.2, 0.25) is 0 Å². The minimum absolute atomic E-state index is 0.0221. The molecule has 2 aromatic rings. The van der Waals surface area contributed by atoms with Gasteiger partial charge in [0, 0.05) is 18.0 Å². The van der Waals surface area contributed by atoms with Crippen LogP contribution in [0.3, 0.4) is 0 Å². The van der Waals surface area contributed by atoms with Gasteiger partial charge >= 0.3 is 0 Å². The molecule has 15 heavy (non-hydrogen) atoms. The van der Waals surface area contributed by atoms with Crippen molar-refractivity contribution in [3.8, 4) is 5.69 Å². The smallest absolute Gasteiger partial charge is 0.255 e. The van der Waals surface area contributed by atoms with Crippen molar-refractivity contribution in [2.24, 2.45) is 0 Å². The van der Waals surface area contributed by atoms with E-state index in [0.717, 1.165) is 17.1 Å². The van der Waals surface area contributed by atoms with Gasteiger partial charge in [-0.15, -0.1) is 0 Å². The van der Waals surface area contributed by atoms with E-state index in [4.69, 9.17) is 0 Å². The maximum atomic E-state index is 11.7. The molecule has 3 nitrogen and oxygen atoms in total. The van der Waals surface area contributed by atoms with Gasteiger partial charge in [-0.3, -0.25) is 14.3 Å². The highest BCUT2D eigenvalue weighted by Crippen LogP contribution is 2.10. The molecule has 0 saturated carbocycles. The Bertz CT molecular complexity index is 543. The maximum Gasteiger partial charge on any atom is 0.255 e. The normalized spacial score (nSPS) is 10.3. The Labute approximate surface area is 88.0 Å². The van der Waals surface area contributed by atoms with Crippen LogP contribution in [0.2, 0.25) is 0 Å². The Morgan fingerprint density at radius 3 is 2.60 bits per heavy atom. The van der Waals surface area contributed by atoms with E-state index in [9.17, 15) is 4.79 Å². The fourth-order valence-electron chi connectivity index (χ4n) is 1.61. The van der Waals surface area contributed by atoms with Crippen molar-refractivity contribution < 1.29 is 0 Å². The third kappa shape index (κ3) is 1.68. The molecule has 0 amide bonds. The number of aryl methyl sites for hydroxylation is 2. The van der Waals surface area contributed by atoms with Crippen LogP contribution < -0.4 is 5.56 Å². The molecule has 0 fully saturated rings. The van der Waals surface area contributed by atoms with Crippen LogP contribution in [0.5, 0.6) is 0 Å². The Morgan fingerprint density at radius 2 is 1.93 bits per heavy atom. The zero-order valence-electron chi connectivity index (χ0n) is 8.77. The fraction of sp³-hybridized carbons (Fsp3) is 0.167. The van der Waals surface area contributed by atoms with E-state index in [0.29, 0.717) is 0 Å². The highest BCUT2D eigenvalue weighted by atomic mass is 16.1. The van der Waals surface area contributed by atoms with Crippen molar-refractivity contribution in [3.63, 3.8) is 0 Å². The predicted octanol–water partition coefficient (Wildman–Crippen LogP) is 1.85. The molecule has 2 rings (SSSR count). The van der Waals surface area contributed by atoms with Gasteiger partial charge in [-0.1, -0.05) is 6.07 Å². The molecule has 0 unspecified atom stereocenters. The summed E-state index contributed by atoms with van der Waals surface area (Å²) >= 11 is 0. The lowest BCUT2D eigenvalue weighted by atomic mass is 10.2. The standard InChI is InChI=1S/C12H12N2O/c1-9-5-3-7-12(15)14(9)11-6-4-8-13-10(11)2/h3-8H,1-2H3. The number of hydrogen-bond acceptors (Lipinski definition) is 2. The van der Waals surface area contributed by atoms with Gasteiger partial charge in [-0.05, 0) is 32.0 Å². The molecule has 0 N–H and O–H groups in total. The van der Waals surface area contributed by atoms with Gasteiger partial charge in [0.15, 0.2) is 0 Å². The van der Waals surface area contributed by atoms with Crippen molar-refractivity contribution in [1.82, 2.24) is 9.55 Å². The van der Waals surface area contributed by atoms with E-state index in [1.165, 1.54) is 0 Å². The average molecular weight is 200 g/mol. The Kier molecular flexibility index (Phi) is 2.37. The summed E-state index contributed by atoms with van der Waals surface area (Å²) in [4.78, 5) is 15.9. The quantitative estimate of drug-likeness (QED) is 0.704. The highest BCUT2D eigenvalue weighted by molar-refractivity contribution is 5.37. The summed E-state index contributed by atoms with van der Waals surface area (Å²) in [6.07, 6.45) is 1.72. The molecular formula is C12H12N2O. The molecule has 76 valence electrons. The molecule has 0 spiro atoms. The molecule has 0 aliphatic carbocycles. The van der Waals surface area contributed by atoms with Crippen LogP contribution in [-0.2, 0) is 0 Å². The van der Waals surface area contributed by atoms with Gasteiger partial charge in [-0.2, -0.15) is 0 Å². The number of aromatic nitrogens is 2. The lowest BCUT2D eigenvalue weighted by Crippen LogP contribution is -2.19. The summed E-state index contributed by atoms with van der Waals surface area (Å²) in [5.74, 6) is 0. The third-order valence-corrected chi connectivity index (χ3v) is 2.37. The van der Waals surface area contributed by atoms with Crippen LogP contribution in [0.15, 0.2) is 41.3 Å². The largest absolute Gasteiger partial charge is 0.280 e. The second-order valence-corrected chi connectivity index (χ2v) is 3.45. The number of pyridine rings is 2. The average Bonchev–Trinajstić information content (AvgIpc) is 2.20. The van der Waals surface area contributed by atoms with Crippen molar-refractivity contribution in [2.75, 3.05) is 0 Å². The maximum absolute atomic E-state index is 11.7. The molecule has 0 radical (unpaired) electrons. The summed E-state index contributed by atoms with van der Waals surface area (Å²) in [5, 5.41) is 0. The van der Waals surface area contributed by atoms with Crippen molar-refractivity contribution >= 4 is 0 Å². The van der Waals surface area contributed by atoms with E-state index in [1.54, 1.807) is 22.9 Å². The molecule has 0 aliphatic rings. The molecule has 0 aromatic carbocycles. The second-order valence-electron chi connectivity index (χ2n) is 3.45. The molecule has 0 saturated heterocycles. The lowest BCUT2D eigenvalue weighted by molar-refractivity contribution is 0.911. The molecule has 3 heteroatoms. The topological polar surface area (TPSA) is 34.9 Å². The monoisotopic (exact) mass is 200 g/mol. The molecule has 2 heterocycles. The fourth-order valence-corrected chi connectivity index (χ4v) is 1.61. The third-order valence-electron chi connectivity index (χ3n) is 2.37. The highest BCUT2D eigenvalue weighted by Gasteiger charge is 2.04. The van der Waals surface area contributed by atoms with Gasteiger partial charge < -0.3 is 0 Å². The molecule has 0 aliphatic heterocycles. The first-order valence-corrected chi connectivity index (χ1v) is 4.81. The van der Waals surface area contributed by atoms with Crippen molar-refractivity contribution in [3.05, 3.63) is 58.3 Å². The van der Waals surface area contributed by atoms with Crippen LogP contribution >= 0.6 is 0 Å². The van der Waals surface area contributed by atoms with E-state index >= 15 is 0 Å². The zero-order chi connectivity index (χ0) is 10.8. The van der Waals surface area contributed by atoms with E-state index in [-0.39, 0.29) is 5.56 Å². The van der Waals surface area contributed by atoms with E-state index < -0.39 is 0 Å². The molecular weight excluding hydrogens is 188 g/mol. The first-order valence-electron chi connectivity index (χ1n) is 4.81. The second kappa shape index (κ2) is 3.69. The van der Waals surface area contributed by atoms with Crippen LogP contribution in [-0.4, -0.2) is 9.55 Å². The number of hydrogen-bond donors (Lipinski definition) is 0. The minimum atomic E-state index is -0.0221. The van der Waals surface area contributed by atoms with Gasteiger partial charge in [0.1, 0.15) is 0 Å². The van der Waals surface area contributed by atoms with Crippen LogP contribution in [0.25, 0.3) is 5.69 Å². The summed E-state index contributed by atoms with van der Waals surface area (Å²) in [7, 11) is 0. The number of rotatable bonds is 1. The zero-order valence-corrected chi connectivity index (χ0v) is 8.77.